The van der Waals surface area contributed by atoms with Gasteiger partial charge in [0.25, 0.3) is 10.1 Å². The number of alkyl halides is 17. The average molecular weight is 568 g/mol. The van der Waals surface area contributed by atoms with Gasteiger partial charge in [0.05, 0.1) is 12.4 Å². The zero-order valence-electron chi connectivity index (χ0n) is 15.5. The van der Waals surface area contributed by atoms with Crippen LogP contribution >= 0.6 is 0 Å². The van der Waals surface area contributed by atoms with Gasteiger partial charge in [-0.1, -0.05) is 6.08 Å². The third kappa shape index (κ3) is 4.90. The minimum Gasteiger partial charge on any atom is -0.270 e. The van der Waals surface area contributed by atoms with Crippen molar-refractivity contribution in [1.29, 1.82) is 0 Å². The molecule has 204 valence electrons. The monoisotopic (exact) mass is 568 g/mol. The lowest BCUT2D eigenvalue weighted by Crippen LogP contribution is -2.74. The Morgan fingerprint density at radius 2 is 0.912 bits per heavy atom. The van der Waals surface area contributed by atoms with Crippen molar-refractivity contribution in [3.63, 3.8) is 0 Å². The summed E-state index contributed by atoms with van der Waals surface area (Å²) >= 11 is 0. The molecule has 0 fully saturated rings. The van der Waals surface area contributed by atoms with E-state index in [1.54, 1.807) is 0 Å². The smallest absolute Gasteiger partial charge is 0.270 e. The van der Waals surface area contributed by atoms with Gasteiger partial charge in [0.15, 0.2) is 0 Å². The Labute approximate surface area is 177 Å². The zero-order valence-corrected chi connectivity index (χ0v) is 16.3. The fourth-order valence-corrected chi connectivity index (χ4v) is 2.56. The second-order valence-corrected chi connectivity index (χ2v) is 7.92. The van der Waals surface area contributed by atoms with Crippen LogP contribution in [0.4, 0.5) is 74.6 Å². The van der Waals surface area contributed by atoms with Crippen molar-refractivity contribution in [1.82, 2.24) is 0 Å². The molecule has 0 unspecified atom stereocenters. The lowest BCUT2D eigenvalue weighted by Gasteiger charge is -2.42. The van der Waals surface area contributed by atoms with Crippen molar-refractivity contribution in [3.05, 3.63) is 12.7 Å². The SMILES string of the molecule is C=CCS(=O)(=O)OCCC(F)(F)C(F)(F)C(F)(F)C(F)(F)C(F)(F)C(F)(F)C(F)(F)C(F)(F)F. The number of hydrogen-bond donors (Lipinski definition) is 0. The molecular weight excluding hydrogens is 559 g/mol. The molecular formula is C13H9F17O3S. The first-order chi connectivity index (χ1) is 14.5. The lowest BCUT2D eigenvalue weighted by molar-refractivity contribution is -0.461. The molecule has 0 heterocycles. The summed E-state index contributed by atoms with van der Waals surface area (Å²) in [4.78, 5) is 0. The molecule has 0 amide bonds. The van der Waals surface area contributed by atoms with Crippen molar-refractivity contribution in [3.8, 4) is 0 Å². The van der Waals surface area contributed by atoms with E-state index in [4.69, 9.17) is 0 Å². The van der Waals surface area contributed by atoms with Crippen LogP contribution in [0.25, 0.3) is 0 Å². The van der Waals surface area contributed by atoms with Crippen LogP contribution in [0.15, 0.2) is 12.7 Å². The van der Waals surface area contributed by atoms with E-state index in [0.717, 1.165) is 0 Å². The zero-order chi connectivity index (χ0) is 28.0. The summed E-state index contributed by atoms with van der Waals surface area (Å²) < 4.78 is 247. The number of halogens is 17. The first-order valence-electron chi connectivity index (χ1n) is 7.71. The van der Waals surface area contributed by atoms with Crippen molar-refractivity contribution in [2.75, 3.05) is 12.4 Å². The highest BCUT2D eigenvalue weighted by atomic mass is 32.2. The van der Waals surface area contributed by atoms with Gasteiger partial charge in [-0.05, 0) is 0 Å². The third-order valence-electron chi connectivity index (χ3n) is 3.79. The topological polar surface area (TPSA) is 43.4 Å². The first-order valence-corrected chi connectivity index (χ1v) is 9.29. The van der Waals surface area contributed by atoms with Gasteiger partial charge >= 0.3 is 47.6 Å². The molecule has 34 heavy (non-hydrogen) atoms. The average Bonchev–Trinajstić information content (AvgIpc) is 2.59. The van der Waals surface area contributed by atoms with Gasteiger partial charge in [-0.3, -0.25) is 4.18 Å². The van der Waals surface area contributed by atoms with E-state index in [2.05, 4.69) is 10.8 Å². The molecule has 0 bridgehead atoms. The molecule has 0 saturated heterocycles. The molecule has 0 aliphatic carbocycles. The van der Waals surface area contributed by atoms with Gasteiger partial charge in [-0.15, -0.1) is 6.58 Å². The van der Waals surface area contributed by atoms with Crippen LogP contribution in [0.1, 0.15) is 6.42 Å². The van der Waals surface area contributed by atoms with Crippen LogP contribution in [0.2, 0.25) is 0 Å². The lowest BCUT2D eigenvalue weighted by atomic mass is 9.88. The highest BCUT2D eigenvalue weighted by molar-refractivity contribution is 7.86. The summed E-state index contributed by atoms with van der Waals surface area (Å²) in [5, 5.41) is 0. The van der Waals surface area contributed by atoms with E-state index in [9.17, 15) is 83.1 Å². The summed E-state index contributed by atoms with van der Waals surface area (Å²) in [6.45, 7) is 0.587. The van der Waals surface area contributed by atoms with Crippen molar-refractivity contribution >= 4 is 10.1 Å². The Kier molecular flexibility index (Phi) is 8.44. The molecule has 0 N–H and O–H groups in total. The highest BCUT2D eigenvalue weighted by Crippen LogP contribution is 2.64. The van der Waals surface area contributed by atoms with Crippen LogP contribution in [-0.4, -0.2) is 68.4 Å². The molecule has 0 atom stereocenters. The van der Waals surface area contributed by atoms with Gasteiger partial charge < -0.3 is 0 Å². The summed E-state index contributed by atoms with van der Waals surface area (Å²) in [6, 6.07) is 0. The van der Waals surface area contributed by atoms with Crippen LogP contribution in [0.3, 0.4) is 0 Å². The molecule has 0 aromatic carbocycles. The van der Waals surface area contributed by atoms with Gasteiger partial charge in [-0.25, -0.2) is 0 Å². The van der Waals surface area contributed by atoms with E-state index in [1.807, 2.05) is 0 Å². The van der Waals surface area contributed by atoms with Crippen molar-refractivity contribution in [2.45, 2.75) is 54.1 Å². The molecule has 3 nitrogen and oxygen atoms in total. The van der Waals surface area contributed by atoms with Crippen molar-refractivity contribution in [2.24, 2.45) is 0 Å². The van der Waals surface area contributed by atoms with E-state index in [-0.39, 0.29) is 0 Å². The summed E-state index contributed by atoms with van der Waals surface area (Å²) in [5.74, 6) is -58.4. The third-order valence-corrected chi connectivity index (χ3v) is 4.96. The first kappa shape index (κ1) is 32.5. The van der Waals surface area contributed by atoms with E-state index in [0.29, 0.717) is 6.08 Å². The standard InChI is InChI=1S/C13H9F17O3S/c1-2-5-34(31,32)33-4-3-6(14,15)7(16,17)8(18,19)9(20,21)10(22,23)11(24,25)12(26,27)13(28,29)30/h2H,1,3-5H2. The Balaban J connectivity index is 6.37. The maximum Gasteiger partial charge on any atom is 0.460 e. The second-order valence-electron chi connectivity index (χ2n) is 6.23. The van der Waals surface area contributed by atoms with Gasteiger partial charge in [0.2, 0.25) is 0 Å². The molecule has 0 spiro atoms. The normalized spacial score (nSPS) is 16.0. The van der Waals surface area contributed by atoms with E-state index >= 15 is 0 Å². The Bertz CT molecular complexity index is 843. The Morgan fingerprint density at radius 3 is 1.24 bits per heavy atom. The summed E-state index contributed by atoms with van der Waals surface area (Å²) in [7, 11) is -4.88. The van der Waals surface area contributed by atoms with Crippen LogP contribution < -0.4 is 0 Å². The minimum atomic E-state index is -8.72. The summed E-state index contributed by atoms with van der Waals surface area (Å²) in [6.07, 6.45) is -10.3. The molecule has 0 saturated carbocycles. The highest BCUT2D eigenvalue weighted by Gasteiger charge is 2.95. The minimum absolute atomic E-state index is 0.524. The van der Waals surface area contributed by atoms with E-state index in [1.165, 1.54) is 0 Å². The van der Waals surface area contributed by atoms with Crippen LogP contribution in [0, 0.1) is 0 Å². The fraction of sp³-hybridized carbons (Fsp3) is 0.846. The fourth-order valence-electron chi connectivity index (χ4n) is 1.84. The van der Waals surface area contributed by atoms with Gasteiger partial charge in [0.1, 0.15) is 0 Å². The largest absolute Gasteiger partial charge is 0.460 e. The molecule has 0 aromatic rings. The molecule has 21 heteroatoms. The molecule has 0 rings (SSSR count). The Hall–Kier alpha value is -1.54. The number of hydrogen-bond acceptors (Lipinski definition) is 3. The van der Waals surface area contributed by atoms with Crippen molar-refractivity contribution < 1.29 is 87.2 Å². The molecule has 0 aromatic heterocycles. The molecule has 0 aliphatic rings. The maximum absolute atomic E-state index is 13.5. The second kappa shape index (κ2) is 8.84. The maximum atomic E-state index is 13.5. The number of rotatable bonds is 12. The molecule has 0 radical (unpaired) electrons. The quantitative estimate of drug-likeness (QED) is 0.167. The van der Waals surface area contributed by atoms with Crippen LogP contribution in [-0.2, 0) is 14.3 Å². The predicted octanol–water partition coefficient (Wildman–Crippen LogP) is 5.92. The van der Waals surface area contributed by atoms with Gasteiger partial charge in [0, 0.05) is 6.42 Å². The van der Waals surface area contributed by atoms with Crippen LogP contribution in [0.5, 0.6) is 0 Å². The predicted molar refractivity (Wildman–Crippen MR) is 75.2 cm³/mol. The Morgan fingerprint density at radius 1 is 0.588 bits per heavy atom. The van der Waals surface area contributed by atoms with Gasteiger partial charge in [-0.2, -0.15) is 83.1 Å². The van der Waals surface area contributed by atoms with E-state index < -0.39 is 76.5 Å². The summed E-state index contributed by atoms with van der Waals surface area (Å²) in [5.41, 5.74) is 0. The molecule has 0 aliphatic heterocycles.